The average Bonchev–Trinajstić information content (AvgIpc) is 2.58. The number of aromatic nitrogens is 2. The molecule has 0 aromatic carbocycles. The molecule has 0 saturated heterocycles. The van der Waals surface area contributed by atoms with Gasteiger partial charge in [-0.15, -0.1) is 0 Å². The minimum atomic E-state index is 0.577. The van der Waals surface area contributed by atoms with Gasteiger partial charge in [0, 0.05) is 30.5 Å². The van der Waals surface area contributed by atoms with Crippen molar-refractivity contribution in [2.24, 2.45) is 5.92 Å². The highest BCUT2D eigenvalue weighted by atomic mass is 16.5. The first kappa shape index (κ1) is 17.4. The van der Waals surface area contributed by atoms with E-state index in [1.807, 2.05) is 12.4 Å². The van der Waals surface area contributed by atoms with Crippen molar-refractivity contribution in [2.75, 3.05) is 6.61 Å². The van der Waals surface area contributed by atoms with E-state index in [9.17, 15) is 0 Å². The number of ether oxygens (including phenoxy) is 1. The predicted molar refractivity (Wildman–Crippen MR) is 90.8 cm³/mol. The zero-order valence-corrected chi connectivity index (χ0v) is 14.4. The van der Waals surface area contributed by atoms with Crippen molar-refractivity contribution in [1.29, 1.82) is 0 Å². The van der Waals surface area contributed by atoms with E-state index in [0.29, 0.717) is 12.5 Å². The molecule has 0 radical (unpaired) electrons. The van der Waals surface area contributed by atoms with Gasteiger partial charge in [-0.1, -0.05) is 39.5 Å². The molecular weight excluding hydrogens is 272 g/mol. The maximum Gasteiger partial charge on any atom is 0.131 e. The third-order valence-corrected chi connectivity index (χ3v) is 4.81. The second-order valence-corrected chi connectivity index (χ2v) is 6.72. The molecule has 1 aliphatic carbocycles. The summed E-state index contributed by atoms with van der Waals surface area (Å²) in [5.74, 6) is 2.57. The van der Waals surface area contributed by atoms with Crippen molar-refractivity contribution in [1.82, 2.24) is 9.97 Å². The molecule has 0 aliphatic heterocycles. The van der Waals surface area contributed by atoms with Crippen LogP contribution in [0.15, 0.2) is 12.4 Å². The van der Waals surface area contributed by atoms with Crippen molar-refractivity contribution in [2.45, 2.75) is 84.2 Å². The summed E-state index contributed by atoms with van der Waals surface area (Å²) in [6.45, 7) is 5.94. The summed E-state index contributed by atoms with van der Waals surface area (Å²) in [5, 5.41) is 0. The summed E-state index contributed by atoms with van der Waals surface area (Å²) in [6, 6.07) is 0. The quantitative estimate of drug-likeness (QED) is 0.584. The molecule has 0 spiro atoms. The Balaban J connectivity index is 1.74. The number of rotatable bonds is 9. The standard InChI is InChI=1S/C19H32N2O/c1-3-5-7-16-8-10-18(11-9-16)19-20-13-17(14-21-19)15-22-12-6-4-2/h13-14,16,18H,3-12,15H2,1-2H3/t16-,18-. The second kappa shape index (κ2) is 9.94. The van der Waals surface area contributed by atoms with Crippen LogP contribution in [-0.2, 0) is 11.3 Å². The Labute approximate surface area is 135 Å². The normalized spacial score (nSPS) is 21.9. The fourth-order valence-corrected chi connectivity index (χ4v) is 3.29. The molecular formula is C19H32N2O. The van der Waals surface area contributed by atoms with Crippen molar-refractivity contribution >= 4 is 0 Å². The van der Waals surface area contributed by atoms with Gasteiger partial charge in [-0.3, -0.25) is 0 Å². The van der Waals surface area contributed by atoms with Crippen LogP contribution >= 0.6 is 0 Å². The number of unbranched alkanes of at least 4 members (excludes halogenated alkanes) is 2. The third-order valence-electron chi connectivity index (χ3n) is 4.81. The van der Waals surface area contributed by atoms with Gasteiger partial charge >= 0.3 is 0 Å². The van der Waals surface area contributed by atoms with Gasteiger partial charge in [0.1, 0.15) is 5.82 Å². The van der Waals surface area contributed by atoms with Crippen LogP contribution in [0.1, 0.15) is 88.9 Å². The third kappa shape index (κ3) is 5.68. The topological polar surface area (TPSA) is 35.0 Å². The van der Waals surface area contributed by atoms with E-state index in [0.717, 1.165) is 30.3 Å². The summed E-state index contributed by atoms with van der Waals surface area (Å²) < 4.78 is 5.62. The Bertz CT molecular complexity index is 396. The van der Waals surface area contributed by atoms with E-state index in [-0.39, 0.29) is 0 Å². The van der Waals surface area contributed by atoms with E-state index in [4.69, 9.17) is 4.74 Å². The molecule has 0 N–H and O–H groups in total. The molecule has 0 bridgehead atoms. The number of nitrogens with zero attached hydrogens (tertiary/aromatic N) is 2. The predicted octanol–water partition coefficient (Wildman–Crippen LogP) is 5.26. The number of hydrogen-bond donors (Lipinski definition) is 0. The van der Waals surface area contributed by atoms with Crippen molar-refractivity contribution in [3.05, 3.63) is 23.8 Å². The van der Waals surface area contributed by atoms with Gasteiger partial charge in [0.15, 0.2) is 0 Å². The van der Waals surface area contributed by atoms with Crippen LogP contribution in [0.3, 0.4) is 0 Å². The van der Waals surface area contributed by atoms with Crippen LogP contribution < -0.4 is 0 Å². The van der Waals surface area contributed by atoms with Crippen LogP contribution in [0.5, 0.6) is 0 Å². The minimum absolute atomic E-state index is 0.577. The van der Waals surface area contributed by atoms with Gasteiger partial charge in [0.2, 0.25) is 0 Å². The van der Waals surface area contributed by atoms with E-state index < -0.39 is 0 Å². The molecule has 1 aliphatic rings. The van der Waals surface area contributed by atoms with Crippen LogP contribution in [0.4, 0.5) is 0 Å². The maximum atomic E-state index is 5.62. The van der Waals surface area contributed by atoms with E-state index in [1.165, 1.54) is 51.4 Å². The first-order chi connectivity index (χ1) is 10.8. The van der Waals surface area contributed by atoms with E-state index in [1.54, 1.807) is 0 Å². The summed E-state index contributed by atoms with van der Waals surface area (Å²) in [5.41, 5.74) is 1.09. The largest absolute Gasteiger partial charge is 0.377 e. The molecule has 1 heterocycles. The van der Waals surface area contributed by atoms with Gasteiger partial charge in [-0.25, -0.2) is 9.97 Å². The Kier molecular flexibility index (Phi) is 7.86. The molecule has 1 aromatic rings. The summed E-state index contributed by atoms with van der Waals surface area (Å²) in [7, 11) is 0. The first-order valence-electron chi connectivity index (χ1n) is 9.22. The van der Waals surface area contributed by atoms with Crippen LogP contribution in [-0.4, -0.2) is 16.6 Å². The van der Waals surface area contributed by atoms with Crippen LogP contribution in [0.25, 0.3) is 0 Å². The van der Waals surface area contributed by atoms with Crippen LogP contribution in [0.2, 0.25) is 0 Å². The highest BCUT2D eigenvalue weighted by molar-refractivity contribution is 5.07. The first-order valence-corrected chi connectivity index (χ1v) is 9.22. The Morgan fingerprint density at radius 1 is 1.00 bits per heavy atom. The molecule has 3 nitrogen and oxygen atoms in total. The molecule has 124 valence electrons. The lowest BCUT2D eigenvalue weighted by atomic mass is 9.79. The van der Waals surface area contributed by atoms with Crippen molar-refractivity contribution in [3.63, 3.8) is 0 Å². The average molecular weight is 304 g/mol. The molecule has 0 unspecified atom stereocenters. The fraction of sp³-hybridized carbons (Fsp3) is 0.789. The lowest BCUT2D eigenvalue weighted by molar-refractivity contribution is 0.117. The van der Waals surface area contributed by atoms with Gasteiger partial charge < -0.3 is 4.74 Å². The molecule has 3 heteroatoms. The molecule has 1 aromatic heterocycles. The maximum absolute atomic E-state index is 5.62. The molecule has 0 amide bonds. The summed E-state index contributed by atoms with van der Waals surface area (Å²) in [6.07, 6.45) is 15.6. The van der Waals surface area contributed by atoms with Crippen molar-refractivity contribution < 1.29 is 4.74 Å². The SMILES string of the molecule is CCCCOCc1cnc([C@H]2CC[C@H](CCCC)CC2)nc1. The highest BCUT2D eigenvalue weighted by Crippen LogP contribution is 2.36. The molecule has 0 atom stereocenters. The van der Waals surface area contributed by atoms with E-state index in [2.05, 4.69) is 23.8 Å². The van der Waals surface area contributed by atoms with Gasteiger partial charge in [0.05, 0.1) is 6.61 Å². The zero-order chi connectivity index (χ0) is 15.6. The molecule has 22 heavy (non-hydrogen) atoms. The molecule has 1 saturated carbocycles. The van der Waals surface area contributed by atoms with Gasteiger partial charge in [0.25, 0.3) is 0 Å². The van der Waals surface area contributed by atoms with Gasteiger partial charge in [-0.05, 0) is 38.0 Å². The van der Waals surface area contributed by atoms with Gasteiger partial charge in [-0.2, -0.15) is 0 Å². The zero-order valence-electron chi connectivity index (χ0n) is 14.4. The Hall–Kier alpha value is -0.960. The second-order valence-electron chi connectivity index (χ2n) is 6.72. The number of hydrogen-bond acceptors (Lipinski definition) is 3. The molecule has 2 rings (SSSR count). The monoisotopic (exact) mass is 304 g/mol. The molecule has 1 fully saturated rings. The summed E-state index contributed by atoms with van der Waals surface area (Å²) in [4.78, 5) is 9.19. The van der Waals surface area contributed by atoms with Crippen LogP contribution in [0, 0.1) is 5.92 Å². The Morgan fingerprint density at radius 2 is 1.68 bits per heavy atom. The fourth-order valence-electron chi connectivity index (χ4n) is 3.29. The lowest BCUT2D eigenvalue weighted by Crippen LogP contribution is -2.15. The lowest BCUT2D eigenvalue weighted by Gasteiger charge is -2.27. The van der Waals surface area contributed by atoms with E-state index >= 15 is 0 Å². The smallest absolute Gasteiger partial charge is 0.131 e. The Morgan fingerprint density at radius 3 is 2.32 bits per heavy atom. The summed E-state index contributed by atoms with van der Waals surface area (Å²) >= 11 is 0. The minimum Gasteiger partial charge on any atom is -0.377 e. The van der Waals surface area contributed by atoms with Crippen molar-refractivity contribution in [3.8, 4) is 0 Å². The highest BCUT2D eigenvalue weighted by Gasteiger charge is 2.23.